The molecular formula is C16H22FN3O. The lowest BCUT2D eigenvalue weighted by Crippen LogP contribution is -2.17. The molecule has 2 aromatic rings. The van der Waals surface area contributed by atoms with Crippen LogP contribution in [-0.4, -0.2) is 22.9 Å². The van der Waals surface area contributed by atoms with Gasteiger partial charge in [0, 0.05) is 25.7 Å². The highest BCUT2D eigenvalue weighted by Crippen LogP contribution is 2.22. The van der Waals surface area contributed by atoms with E-state index in [2.05, 4.69) is 10.4 Å². The Kier molecular flexibility index (Phi) is 5.33. The minimum Gasteiger partial charge on any atom is -0.490 e. The van der Waals surface area contributed by atoms with Crippen molar-refractivity contribution in [3.05, 3.63) is 47.5 Å². The molecule has 0 saturated heterocycles. The van der Waals surface area contributed by atoms with E-state index in [-0.39, 0.29) is 11.9 Å². The predicted octanol–water partition coefficient (Wildman–Crippen LogP) is 2.85. The summed E-state index contributed by atoms with van der Waals surface area (Å²) >= 11 is 0. The summed E-state index contributed by atoms with van der Waals surface area (Å²) < 4.78 is 21.3. The molecule has 0 spiro atoms. The molecule has 1 atom stereocenters. The Balaban J connectivity index is 1.91. The maximum atomic E-state index is 14.0. The fourth-order valence-corrected chi connectivity index (χ4v) is 2.21. The van der Waals surface area contributed by atoms with E-state index in [1.54, 1.807) is 16.9 Å². The molecule has 21 heavy (non-hydrogen) atoms. The van der Waals surface area contributed by atoms with E-state index in [4.69, 9.17) is 4.74 Å². The van der Waals surface area contributed by atoms with E-state index in [9.17, 15) is 4.39 Å². The quantitative estimate of drug-likeness (QED) is 0.852. The monoisotopic (exact) mass is 291 g/mol. The summed E-state index contributed by atoms with van der Waals surface area (Å²) in [7, 11) is 1.87. The summed E-state index contributed by atoms with van der Waals surface area (Å²) in [4.78, 5) is 0. The van der Waals surface area contributed by atoms with Gasteiger partial charge < -0.3 is 10.1 Å². The number of ether oxygens (including phenoxy) is 1. The van der Waals surface area contributed by atoms with Crippen LogP contribution in [0.5, 0.6) is 5.75 Å². The van der Waals surface area contributed by atoms with Gasteiger partial charge in [-0.05, 0) is 36.7 Å². The van der Waals surface area contributed by atoms with Gasteiger partial charge in [-0.25, -0.2) is 4.39 Å². The summed E-state index contributed by atoms with van der Waals surface area (Å²) in [6, 6.07) is 5.26. The number of nitrogens with zero attached hydrogens (tertiary/aromatic N) is 2. The maximum absolute atomic E-state index is 14.0. The SMILES string of the molecule is CCNC(C)c1ccc(OCCc2cnn(C)c2)c(F)c1. The van der Waals surface area contributed by atoms with Crippen LogP contribution in [0.25, 0.3) is 0 Å². The third-order valence-electron chi connectivity index (χ3n) is 3.37. The molecule has 0 amide bonds. The van der Waals surface area contributed by atoms with Gasteiger partial charge in [0.25, 0.3) is 0 Å². The Morgan fingerprint density at radius 1 is 1.43 bits per heavy atom. The fraction of sp³-hybridized carbons (Fsp3) is 0.438. The van der Waals surface area contributed by atoms with Gasteiger partial charge in [0.2, 0.25) is 0 Å². The van der Waals surface area contributed by atoms with Crippen molar-refractivity contribution in [2.75, 3.05) is 13.2 Å². The van der Waals surface area contributed by atoms with Crippen LogP contribution in [0.1, 0.15) is 31.0 Å². The van der Waals surface area contributed by atoms with Crippen molar-refractivity contribution in [2.24, 2.45) is 7.05 Å². The van der Waals surface area contributed by atoms with E-state index >= 15 is 0 Å². The van der Waals surface area contributed by atoms with Crippen LogP contribution in [0.2, 0.25) is 0 Å². The van der Waals surface area contributed by atoms with Crippen molar-refractivity contribution in [1.29, 1.82) is 0 Å². The van der Waals surface area contributed by atoms with E-state index in [1.165, 1.54) is 6.07 Å². The van der Waals surface area contributed by atoms with Gasteiger partial charge in [0.1, 0.15) is 0 Å². The molecule has 0 aliphatic rings. The normalized spacial score (nSPS) is 12.4. The molecule has 114 valence electrons. The second-order valence-electron chi connectivity index (χ2n) is 5.09. The molecule has 0 fully saturated rings. The number of hydrogen-bond donors (Lipinski definition) is 1. The van der Waals surface area contributed by atoms with Crippen LogP contribution in [-0.2, 0) is 13.5 Å². The van der Waals surface area contributed by atoms with Gasteiger partial charge in [0.15, 0.2) is 11.6 Å². The first-order valence-corrected chi connectivity index (χ1v) is 7.23. The predicted molar refractivity (Wildman–Crippen MR) is 80.9 cm³/mol. The van der Waals surface area contributed by atoms with Crippen LogP contribution in [0.3, 0.4) is 0 Å². The Hall–Kier alpha value is -1.88. The molecule has 1 aromatic carbocycles. The summed E-state index contributed by atoms with van der Waals surface area (Å²) in [6.07, 6.45) is 4.44. The van der Waals surface area contributed by atoms with Crippen molar-refractivity contribution in [3.8, 4) is 5.75 Å². The molecule has 1 unspecified atom stereocenters. The lowest BCUT2D eigenvalue weighted by Gasteiger charge is -2.14. The number of benzene rings is 1. The molecule has 0 radical (unpaired) electrons. The van der Waals surface area contributed by atoms with Gasteiger partial charge in [0.05, 0.1) is 12.8 Å². The lowest BCUT2D eigenvalue weighted by molar-refractivity contribution is 0.305. The Labute approximate surface area is 124 Å². The van der Waals surface area contributed by atoms with Crippen LogP contribution in [0.15, 0.2) is 30.6 Å². The Morgan fingerprint density at radius 3 is 2.86 bits per heavy atom. The molecular weight excluding hydrogens is 269 g/mol. The van der Waals surface area contributed by atoms with Crippen LogP contribution < -0.4 is 10.1 Å². The third-order valence-corrected chi connectivity index (χ3v) is 3.37. The first-order chi connectivity index (χ1) is 10.1. The van der Waals surface area contributed by atoms with Gasteiger partial charge in [-0.15, -0.1) is 0 Å². The highest BCUT2D eigenvalue weighted by Gasteiger charge is 2.09. The smallest absolute Gasteiger partial charge is 0.165 e. The van der Waals surface area contributed by atoms with Crippen LogP contribution in [0, 0.1) is 5.82 Å². The second-order valence-corrected chi connectivity index (χ2v) is 5.09. The van der Waals surface area contributed by atoms with Crippen LogP contribution >= 0.6 is 0 Å². The summed E-state index contributed by atoms with van der Waals surface area (Å²) in [5.41, 5.74) is 2.00. The molecule has 0 saturated carbocycles. The molecule has 0 aliphatic heterocycles. The average Bonchev–Trinajstić information content (AvgIpc) is 2.86. The molecule has 2 rings (SSSR count). The first kappa shape index (κ1) is 15.5. The van der Waals surface area contributed by atoms with Crippen molar-refractivity contribution < 1.29 is 9.13 Å². The summed E-state index contributed by atoms with van der Waals surface area (Å²) in [5.74, 6) is -0.0187. The van der Waals surface area contributed by atoms with E-state index in [0.717, 1.165) is 17.7 Å². The molecule has 1 N–H and O–H groups in total. The number of hydrogen-bond acceptors (Lipinski definition) is 3. The third kappa shape index (κ3) is 4.29. The zero-order valence-corrected chi connectivity index (χ0v) is 12.8. The maximum Gasteiger partial charge on any atom is 0.165 e. The molecule has 5 heteroatoms. The van der Waals surface area contributed by atoms with Gasteiger partial charge >= 0.3 is 0 Å². The van der Waals surface area contributed by atoms with Crippen molar-refractivity contribution in [3.63, 3.8) is 0 Å². The topological polar surface area (TPSA) is 39.1 Å². The molecule has 4 nitrogen and oxygen atoms in total. The fourth-order valence-electron chi connectivity index (χ4n) is 2.21. The Bertz CT molecular complexity index is 583. The summed E-state index contributed by atoms with van der Waals surface area (Å²) in [5, 5.41) is 7.35. The number of nitrogens with one attached hydrogen (secondary N) is 1. The molecule has 1 aromatic heterocycles. The largest absolute Gasteiger partial charge is 0.490 e. The van der Waals surface area contributed by atoms with Crippen molar-refractivity contribution in [2.45, 2.75) is 26.3 Å². The first-order valence-electron chi connectivity index (χ1n) is 7.23. The van der Waals surface area contributed by atoms with E-state index in [0.29, 0.717) is 18.8 Å². The average molecular weight is 291 g/mol. The lowest BCUT2D eigenvalue weighted by atomic mass is 10.1. The standard InChI is InChI=1S/C16H22FN3O/c1-4-18-12(2)14-5-6-16(15(17)9-14)21-8-7-13-10-19-20(3)11-13/h5-6,9-12,18H,4,7-8H2,1-3H3. The molecule has 0 bridgehead atoms. The van der Waals surface area contributed by atoms with E-state index in [1.807, 2.05) is 33.2 Å². The molecule has 1 heterocycles. The minimum absolute atomic E-state index is 0.133. The highest BCUT2D eigenvalue weighted by molar-refractivity contribution is 5.31. The highest BCUT2D eigenvalue weighted by atomic mass is 19.1. The zero-order chi connectivity index (χ0) is 15.2. The molecule has 0 aliphatic carbocycles. The van der Waals surface area contributed by atoms with Crippen molar-refractivity contribution >= 4 is 0 Å². The minimum atomic E-state index is -0.316. The number of halogens is 1. The summed E-state index contributed by atoms with van der Waals surface area (Å²) in [6.45, 7) is 5.33. The van der Waals surface area contributed by atoms with Crippen LogP contribution in [0.4, 0.5) is 4.39 Å². The van der Waals surface area contributed by atoms with Crippen molar-refractivity contribution in [1.82, 2.24) is 15.1 Å². The number of rotatable bonds is 7. The second kappa shape index (κ2) is 7.22. The van der Waals surface area contributed by atoms with Gasteiger partial charge in [-0.3, -0.25) is 4.68 Å². The van der Waals surface area contributed by atoms with Gasteiger partial charge in [-0.2, -0.15) is 5.10 Å². The Morgan fingerprint density at radius 2 is 2.24 bits per heavy atom. The number of aryl methyl sites for hydroxylation is 1. The van der Waals surface area contributed by atoms with Gasteiger partial charge in [-0.1, -0.05) is 13.0 Å². The van der Waals surface area contributed by atoms with E-state index < -0.39 is 0 Å². The zero-order valence-electron chi connectivity index (χ0n) is 12.8. The number of aromatic nitrogens is 2.